The van der Waals surface area contributed by atoms with Crippen LogP contribution in [-0.2, 0) is 16.1 Å². The summed E-state index contributed by atoms with van der Waals surface area (Å²) in [5.74, 6) is -0.00265. The number of nitrogens with one attached hydrogen (secondary N) is 1. The zero-order chi connectivity index (χ0) is 18.8. The Morgan fingerprint density at radius 3 is 2.70 bits per heavy atom. The molecule has 0 aliphatic carbocycles. The van der Waals surface area contributed by atoms with E-state index in [1.807, 2.05) is 30.3 Å². The van der Waals surface area contributed by atoms with Gasteiger partial charge in [0, 0.05) is 29.7 Å². The Bertz CT molecular complexity index is 947. The van der Waals surface area contributed by atoms with Crippen LogP contribution in [-0.4, -0.2) is 29.0 Å². The zero-order valence-corrected chi connectivity index (χ0v) is 15.5. The largest absolute Gasteiger partial charge is 0.468 e. The fourth-order valence-electron chi connectivity index (χ4n) is 4.31. The number of carbonyl (C=O) groups is 1. The van der Waals surface area contributed by atoms with E-state index in [0.29, 0.717) is 13.0 Å². The number of ether oxygens (including phenoxy) is 1. The summed E-state index contributed by atoms with van der Waals surface area (Å²) >= 11 is 0. The van der Waals surface area contributed by atoms with Crippen LogP contribution in [0.2, 0.25) is 0 Å². The summed E-state index contributed by atoms with van der Waals surface area (Å²) in [7, 11) is 1.46. The molecule has 0 spiro atoms. The molecule has 0 amide bonds. The van der Waals surface area contributed by atoms with Crippen LogP contribution in [0, 0.1) is 5.92 Å². The summed E-state index contributed by atoms with van der Waals surface area (Å²) in [6, 6.07) is 18.4. The van der Waals surface area contributed by atoms with Gasteiger partial charge in [-0.1, -0.05) is 54.6 Å². The normalized spacial score (nSPS) is 22.8. The van der Waals surface area contributed by atoms with E-state index in [-0.39, 0.29) is 24.0 Å². The van der Waals surface area contributed by atoms with E-state index >= 15 is 0 Å². The second kappa shape index (κ2) is 7.41. The summed E-state index contributed by atoms with van der Waals surface area (Å²) in [5, 5.41) is 1.19. The second-order valence-corrected chi connectivity index (χ2v) is 7.07. The highest BCUT2D eigenvalue weighted by Gasteiger charge is 2.45. The van der Waals surface area contributed by atoms with Crippen molar-refractivity contribution in [3.05, 3.63) is 84.6 Å². The molecule has 1 fully saturated rings. The maximum Gasteiger partial charge on any atom is 0.323 e. The molecule has 0 saturated carbocycles. The van der Waals surface area contributed by atoms with Crippen LogP contribution >= 0.6 is 0 Å². The first kappa shape index (κ1) is 17.6. The van der Waals surface area contributed by atoms with Crippen molar-refractivity contribution in [3.63, 3.8) is 0 Å². The molecule has 138 valence electrons. The monoisotopic (exact) mass is 360 g/mol. The summed E-state index contributed by atoms with van der Waals surface area (Å²) in [6.45, 7) is 4.74. The highest BCUT2D eigenvalue weighted by atomic mass is 16.5. The highest BCUT2D eigenvalue weighted by Crippen LogP contribution is 2.45. The standard InChI is InChI=1S/C23H24N2O2/c1-3-17-13-21(23(26)27-2)25(15-16-9-5-4-6-10-16)22(17)19-14-24-20-12-8-7-11-18(19)20/h3-12,14,17,21-22,24H,1,13,15H2,2H3/t17-,21-,22-/m1/s1. The summed E-state index contributed by atoms with van der Waals surface area (Å²) in [6.07, 6.45) is 4.77. The lowest BCUT2D eigenvalue weighted by Crippen LogP contribution is -2.37. The van der Waals surface area contributed by atoms with E-state index in [9.17, 15) is 4.79 Å². The molecule has 1 N–H and O–H groups in total. The van der Waals surface area contributed by atoms with E-state index in [1.165, 1.54) is 23.6 Å². The third-order valence-electron chi connectivity index (χ3n) is 5.58. The Kier molecular flexibility index (Phi) is 4.82. The maximum absolute atomic E-state index is 12.5. The number of para-hydroxylation sites is 1. The van der Waals surface area contributed by atoms with Crippen LogP contribution in [0.25, 0.3) is 10.9 Å². The predicted octanol–water partition coefficient (Wildman–Crippen LogP) is 4.46. The minimum Gasteiger partial charge on any atom is -0.468 e. The predicted molar refractivity (Wildman–Crippen MR) is 107 cm³/mol. The van der Waals surface area contributed by atoms with Gasteiger partial charge >= 0.3 is 5.97 Å². The molecule has 4 rings (SSSR count). The van der Waals surface area contributed by atoms with Crippen molar-refractivity contribution >= 4 is 16.9 Å². The van der Waals surface area contributed by atoms with Crippen LogP contribution in [0.1, 0.15) is 23.6 Å². The van der Waals surface area contributed by atoms with Crippen LogP contribution in [0.5, 0.6) is 0 Å². The average Bonchev–Trinajstić information content (AvgIpc) is 3.29. The van der Waals surface area contributed by atoms with Crippen molar-refractivity contribution in [2.24, 2.45) is 5.92 Å². The molecule has 1 saturated heterocycles. The molecule has 4 nitrogen and oxygen atoms in total. The number of rotatable bonds is 5. The van der Waals surface area contributed by atoms with E-state index in [4.69, 9.17) is 4.74 Å². The fourth-order valence-corrected chi connectivity index (χ4v) is 4.31. The lowest BCUT2D eigenvalue weighted by molar-refractivity contribution is -0.146. The number of likely N-dealkylation sites (tertiary alicyclic amines) is 1. The van der Waals surface area contributed by atoms with Gasteiger partial charge in [-0.05, 0) is 29.5 Å². The number of H-pyrrole nitrogens is 1. The first-order chi connectivity index (χ1) is 13.2. The van der Waals surface area contributed by atoms with Crippen LogP contribution in [0.3, 0.4) is 0 Å². The minimum absolute atomic E-state index is 0.0722. The molecule has 2 aromatic carbocycles. The molecule has 2 heterocycles. The van der Waals surface area contributed by atoms with Gasteiger partial charge in [0.25, 0.3) is 0 Å². The van der Waals surface area contributed by atoms with Crippen LogP contribution in [0.15, 0.2) is 73.4 Å². The Morgan fingerprint density at radius 2 is 1.96 bits per heavy atom. The van der Waals surface area contributed by atoms with E-state index in [0.717, 1.165) is 5.52 Å². The number of esters is 1. The number of hydrogen-bond acceptors (Lipinski definition) is 3. The number of hydrogen-bond donors (Lipinski definition) is 1. The number of methoxy groups -OCH3 is 1. The molecular formula is C23H24N2O2. The second-order valence-electron chi connectivity index (χ2n) is 7.07. The Balaban J connectivity index is 1.79. The minimum atomic E-state index is -0.281. The van der Waals surface area contributed by atoms with E-state index in [2.05, 4.69) is 53.0 Å². The third-order valence-corrected chi connectivity index (χ3v) is 5.58. The molecule has 4 heteroatoms. The third kappa shape index (κ3) is 3.17. The van der Waals surface area contributed by atoms with Gasteiger partial charge in [0.05, 0.1) is 7.11 Å². The van der Waals surface area contributed by atoms with Gasteiger partial charge in [0.2, 0.25) is 0 Å². The van der Waals surface area contributed by atoms with Gasteiger partial charge in [0.15, 0.2) is 0 Å². The number of aromatic amines is 1. The van der Waals surface area contributed by atoms with Gasteiger partial charge in [-0.25, -0.2) is 0 Å². The Hall–Kier alpha value is -2.85. The number of carbonyl (C=O) groups excluding carboxylic acids is 1. The lowest BCUT2D eigenvalue weighted by atomic mass is 9.93. The Morgan fingerprint density at radius 1 is 1.22 bits per heavy atom. The van der Waals surface area contributed by atoms with Gasteiger partial charge in [-0.3, -0.25) is 9.69 Å². The van der Waals surface area contributed by atoms with Crippen LogP contribution in [0.4, 0.5) is 0 Å². The molecule has 3 aromatic rings. The quantitative estimate of drug-likeness (QED) is 0.540. The van der Waals surface area contributed by atoms with Crippen molar-refractivity contribution in [2.75, 3.05) is 7.11 Å². The Labute approximate surface area is 159 Å². The molecular weight excluding hydrogens is 336 g/mol. The number of nitrogens with zero attached hydrogens (tertiary/aromatic N) is 1. The molecule has 27 heavy (non-hydrogen) atoms. The van der Waals surface area contributed by atoms with Crippen molar-refractivity contribution in [1.82, 2.24) is 9.88 Å². The number of fused-ring (bicyclic) bond motifs is 1. The van der Waals surface area contributed by atoms with Crippen LogP contribution < -0.4 is 0 Å². The maximum atomic E-state index is 12.5. The molecule has 0 radical (unpaired) electrons. The molecule has 1 aromatic heterocycles. The fraction of sp³-hybridized carbons (Fsp3) is 0.261. The lowest BCUT2D eigenvalue weighted by Gasteiger charge is -2.30. The molecule has 0 bridgehead atoms. The van der Waals surface area contributed by atoms with Crippen molar-refractivity contribution < 1.29 is 9.53 Å². The van der Waals surface area contributed by atoms with E-state index < -0.39 is 0 Å². The molecule has 0 unspecified atom stereocenters. The van der Waals surface area contributed by atoms with Gasteiger partial charge in [-0.2, -0.15) is 0 Å². The topological polar surface area (TPSA) is 45.3 Å². The summed E-state index contributed by atoms with van der Waals surface area (Å²) in [5.41, 5.74) is 3.50. The van der Waals surface area contributed by atoms with E-state index in [1.54, 1.807) is 0 Å². The van der Waals surface area contributed by atoms with Crippen molar-refractivity contribution in [1.29, 1.82) is 0 Å². The summed E-state index contributed by atoms with van der Waals surface area (Å²) < 4.78 is 5.13. The van der Waals surface area contributed by atoms with Gasteiger partial charge in [0.1, 0.15) is 6.04 Å². The molecule has 1 aliphatic rings. The average molecular weight is 360 g/mol. The number of benzene rings is 2. The number of aromatic nitrogens is 1. The summed E-state index contributed by atoms with van der Waals surface area (Å²) in [4.78, 5) is 18.2. The SMILES string of the molecule is C=C[C@@H]1C[C@H](C(=O)OC)N(Cc2ccccc2)[C@H]1c1c[nH]c2ccccc12. The first-order valence-corrected chi connectivity index (χ1v) is 9.29. The highest BCUT2D eigenvalue weighted by molar-refractivity contribution is 5.84. The van der Waals surface area contributed by atoms with Gasteiger partial charge in [-0.15, -0.1) is 6.58 Å². The zero-order valence-electron chi connectivity index (χ0n) is 15.5. The van der Waals surface area contributed by atoms with Crippen molar-refractivity contribution in [2.45, 2.75) is 25.0 Å². The smallest absolute Gasteiger partial charge is 0.323 e. The van der Waals surface area contributed by atoms with Crippen molar-refractivity contribution in [3.8, 4) is 0 Å². The molecule has 1 aliphatic heterocycles. The molecule has 3 atom stereocenters. The first-order valence-electron chi connectivity index (χ1n) is 9.29. The van der Waals surface area contributed by atoms with Gasteiger partial charge < -0.3 is 9.72 Å².